The fourth-order valence-corrected chi connectivity index (χ4v) is 2.96. The fourth-order valence-electron chi connectivity index (χ4n) is 2.54. The maximum absolute atomic E-state index is 12.6. The van der Waals surface area contributed by atoms with Crippen LogP contribution in [0.4, 0.5) is 0 Å². The normalized spacial score (nSPS) is 11.2. The third-order valence-corrected chi connectivity index (χ3v) is 4.33. The van der Waals surface area contributed by atoms with Gasteiger partial charge in [0.1, 0.15) is 6.61 Å². The van der Waals surface area contributed by atoms with Crippen LogP contribution in [-0.4, -0.2) is 22.1 Å². The van der Waals surface area contributed by atoms with Gasteiger partial charge in [-0.1, -0.05) is 35.3 Å². The molecule has 22 heavy (non-hydrogen) atoms. The van der Waals surface area contributed by atoms with E-state index >= 15 is 0 Å². The van der Waals surface area contributed by atoms with Gasteiger partial charge in [0, 0.05) is 10.8 Å². The summed E-state index contributed by atoms with van der Waals surface area (Å²) in [6, 6.07) is 10.1. The first-order valence-electron chi connectivity index (χ1n) is 6.56. The first-order chi connectivity index (χ1) is 10.5. The van der Waals surface area contributed by atoms with Gasteiger partial charge in [-0.25, -0.2) is 0 Å². The highest BCUT2D eigenvalue weighted by Crippen LogP contribution is 2.31. The van der Waals surface area contributed by atoms with Gasteiger partial charge in [-0.05, 0) is 24.3 Å². The zero-order valence-electron chi connectivity index (χ0n) is 11.3. The summed E-state index contributed by atoms with van der Waals surface area (Å²) in [4.78, 5) is 24.3. The molecule has 0 aliphatic carbocycles. The van der Waals surface area contributed by atoms with Crippen molar-refractivity contribution in [3.05, 3.63) is 56.7 Å². The van der Waals surface area contributed by atoms with Crippen molar-refractivity contribution in [2.45, 2.75) is 6.54 Å². The molecule has 3 aromatic rings. The number of rotatable bonds is 3. The van der Waals surface area contributed by atoms with Gasteiger partial charge in [0.2, 0.25) is 0 Å². The summed E-state index contributed by atoms with van der Waals surface area (Å²) in [5.74, 6) is -0.383. The van der Waals surface area contributed by atoms with E-state index in [1.54, 1.807) is 41.0 Å². The Morgan fingerprint density at radius 1 is 1.09 bits per heavy atom. The molecule has 4 nitrogen and oxygen atoms in total. The Hall–Kier alpha value is -1.88. The second-order valence-electron chi connectivity index (χ2n) is 4.89. The molecular formula is C16H11Cl2NO3. The number of para-hydroxylation sites is 1. The molecule has 0 aliphatic heterocycles. The molecule has 0 saturated heterocycles. The molecule has 1 heterocycles. The van der Waals surface area contributed by atoms with Crippen LogP contribution in [0.5, 0.6) is 0 Å². The largest absolute Gasteiger partial charge is 0.389 e. The predicted molar refractivity (Wildman–Crippen MR) is 87.8 cm³/mol. The molecule has 0 atom stereocenters. The number of aliphatic hydroxyl groups excluding tert-OH is 1. The van der Waals surface area contributed by atoms with E-state index in [0.29, 0.717) is 26.8 Å². The summed E-state index contributed by atoms with van der Waals surface area (Å²) in [6.07, 6.45) is 0. The Labute approximate surface area is 135 Å². The SMILES string of the molecule is O=C(CO)Cn1c2ccccc2c(=O)c2ccc(Cl)c(Cl)c21. The number of aromatic nitrogens is 1. The van der Waals surface area contributed by atoms with Gasteiger partial charge < -0.3 is 9.67 Å². The fraction of sp³-hybridized carbons (Fsp3) is 0.125. The third-order valence-electron chi connectivity index (χ3n) is 3.53. The summed E-state index contributed by atoms with van der Waals surface area (Å²) < 4.78 is 1.62. The smallest absolute Gasteiger partial charge is 0.197 e. The first kappa shape index (κ1) is 15.0. The lowest BCUT2D eigenvalue weighted by molar-refractivity contribution is -0.122. The van der Waals surface area contributed by atoms with Crippen molar-refractivity contribution in [2.75, 3.05) is 6.61 Å². The molecule has 0 amide bonds. The zero-order valence-corrected chi connectivity index (χ0v) is 12.9. The van der Waals surface area contributed by atoms with Gasteiger partial charge in [0.05, 0.1) is 27.6 Å². The molecule has 0 aliphatic rings. The number of fused-ring (bicyclic) bond motifs is 2. The minimum absolute atomic E-state index is 0.0894. The Kier molecular flexibility index (Phi) is 3.91. The number of carbonyl (C=O) groups excluding carboxylic acids is 1. The van der Waals surface area contributed by atoms with Crippen molar-refractivity contribution in [1.82, 2.24) is 4.57 Å². The Morgan fingerprint density at radius 3 is 2.55 bits per heavy atom. The van der Waals surface area contributed by atoms with Gasteiger partial charge >= 0.3 is 0 Å². The Morgan fingerprint density at radius 2 is 1.82 bits per heavy atom. The van der Waals surface area contributed by atoms with E-state index in [2.05, 4.69) is 0 Å². The molecule has 0 spiro atoms. The van der Waals surface area contributed by atoms with Crippen LogP contribution < -0.4 is 5.43 Å². The van der Waals surface area contributed by atoms with E-state index in [0.717, 1.165) is 0 Å². The minimum atomic E-state index is -0.583. The highest BCUT2D eigenvalue weighted by atomic mass is 35.5. The number of aliphatic hydroxyl groups is 1. The van der Waals surface area contributed by atoms with Gasteiger partial charge in [0.15, 0.2) is 11.2 Å². The van der Waals surface area contributed by atoms with Crippen molar-refractivity contribution < 1.29 is 9.90 Å². The van der Waals surface area contributed by atoms with Crippen LogP contribution in [0.3, 0.4) is 0 Å². The van der Waals surface area contributed by atoms with Crippen LogP contribution in [-0.2, 0) is 11.3 Å². The first-order valence-corrected chi connectivity index (χ1v) is 7.32. The summed E-state index contributed by atoms with van der Waals surface area (Å²) >= 11 is 12.3. The van der Waals surface area contributed by atoms with Gasteiger partial charge in [-0.3, -0.25) is 9.59 Å². The maximum Gasteiger partial charge on any atom is 0.197 e. The lowest BCUT2D eigenvalue weighted by atomic mass is 10.1. The molecular weight excluding hydrogens is 325 g/mol. The molecule has 6 heteroatoms. The molecule has 0 saturated carbocycles. The average Bonchev–Trinajstić information content (AvgIpc) is 2.54. The van der Waals surface area contributed by atoms with Crippen LogP contribution in [0.2, 0.25) is 10.0 Å². The number of hydrogen-bond donors (Lipinski definition) is 1. The maximum atomic E-state index is 12.6. The number of nitrogens with zero attached hydrogens (tertiary/aromatic N) is 1. The number of pyridine rings is 1. The van der Waals surface area contributed by atoms with E-state index in [1.165, 1.54) is 0 Å². The summed E-state index contributed by atoms with van der Waals surface area (Å²) in [5, 5.41) is 10.4. The van der Waals surface area contributed by atoms with E-state index in [9.17, 15) is 9.59 Å². The van der Waals surface area contributed by atoms with E-state index in [-0.39, 0.29) is 22.8 Å². The highest BCUT2D eigenvalue weighted by Gasteiger charge is 2.16. The lowest BCUT2D eigenvalue weighted by Gasteiger charge is -2.15. The molecule has 1 N–H and O–H groups in total. The molecule has 0 radical (unpaired) electrons. The number of benzene rings is 2. The number of Topliss-reactive ketones (excluding diaryl/α,β-unsaturated/α-hetero) is 1. The molecule has 1 aromatic heterocycles. The number of halogens is 2. The van der Waals surface area contributed by atoms with Crippen molar-refractivity contribution in [1.29, 1.82) is 0 Å². The molecule has 112 valence electrons. The average molecular weight is 336 g/mol. The minimum Gasteiger partial charge on any atom is -0.389 e. The zero-order chi connectivity index (χ0) is 15.9. The van der Waals surface area contributed by atoms with Crippen LogP contribution in [0, 0.1) is 0 Å². The number of ketones is 1. The molecule has 2 aromatic carbocycles. The molecule has 0 fully saturated rings. The topological polar surface area (TPSA) is 59.3 Å². The summed E-state index contributed by atoms with van der Waals surface area (Å²) in [6.45, 7) is -0.673. The van der Waals surface area contributed by atoms with E-state index in [1.807, 2.05) is 0 Å². The number of carbonyl (C=O) groups is 1. The second-order valence-corrected chi connectivity index (χ2v) is 5.67. The van der Waals surface area contributed by atoms with Gasteiger partial charge in [-0.15, -0.1) is 0 Å². The Balaban J connectivity index is 2.55. The van der Waals surface area contributed by atoms with Crippen LogP contribution in [0.15, 0.2) is 41.2 Å². The summed E-state index contributed by atoms with van der Waals surface area (Å²) in [5.41, 5.74) is 0.808. The van der Waals surface area contributed by atoms with Crippen LogP contribution >= 0.6 is 23.2 Å². The molecule has 0 unspecified atom stereocenters. The standard InChI is InChI=1S/C16H11Cl2NO3/c17-12-6-5-11-15(14(12)18)19(7-9(21)8-20)13-4-2-1-3-10(13)16(11)22/h1-6,20H,7-8H2. The number of hydrogen-bond acceptors (Lipinski definition) is 3. The molecule has 3 rings (SSSR count). The third kappa shape index (κ3) is 2.29. The van der Waals surface area contributed by atoms with E-state index in [4.69, 9.17) is 28.3 Å². The lowest BCUT2D eigenvalue weighted by Crippen LogP contribution is -2.18. The van der Waals surface area contributed by atoms with Crippen molar-refractivity contribution in [2.24, 2.45) is 0 Å². The molecule has 0 bridgehead atoms. The predicted octanol–water partition coefficient (Wildman–Crippen LogP) is 3.02. The van der Waals surface area contributed by atoms with Crippen LogP contribution in [0.25, 0.3) is 21.8 Å². The van der Waals surface area contributed by atoms with Gasteiger partial charge in [-0.2, -0.15) is 0 Å². The monoisotopic (exact) mass is 335 g/mol. The van der Waals surface area contributed by atoms with Crippen molar-refractivity contribution in [3.8, 4) is 0 Å². The van der Waals surface area contributed by atoms with Crippen molar-refractivity contribution >= 4 is 50.8 Å². The van der Waals surface area contributed by atoms with Crippen molar-refractivity contribution in [3.63, 3.8) is 0 Å². The Bertz CT molecular complexity index is 963. The van der Waals surface area contributed by atoms with Gasteiger partial charge in [0.25, 0.3) is 0 Å². The van der Waals surface area contributed by atoms with Crippen LogP contribution in [0.1, 0.15) is 0 Å². The highest BCUT2D eigenvalue weighted by molar-refractivity contribution is 6.45. The van der Waals surface area contributed by atoms with E-state index < -0.39 is 6.61 Å². The second kappa shape index (κ2) is 5.72. The summed E-state index contributed by atoms with van der Waals surface area (Å²) in [7, 11) is 0. The quantitative estimate of drug-likeness (QED) is 0.748.